The predicted octanol–water partition coefficient (Wildman–Crippen LogP) is 2.22. The molecule has 1 fully saturated rings. The SMILES string of the molecule is CC(CN)CC1(c2cc(F)ccc2F)COC1. The predicted molar refractivity (Wildman–Crippen MR) is 61.7 cm³/mol. The second-order valence-electron chi connectivity index (χ2n) is 4.94. The molecule has 1 aliphatic rings. The summed E-state index contributed by atoms with van der Waals surface area (Å²) in [5.41, 5.74) is 5.62. The van der Waals surface area contributed by atoms with Crippen LogP contribution in [0.4, 0.5) is 8.78 Å². The Hall–Kier alpha value is -1.00. The number of nitrogens with two attached hydrogens (primary N) is 1. The summed E-state index contributed by atoms with van der Waals surface area (Å²) < 4.78 is 32.2. The van der Waals surface area contributed by atoms with Gasteiger partial charge in [0.05, 0.1) is 13.2 Å². The van der Waals surface area contributed by atoms with Crippen molar-refractivity contribution in [3.63, 3.8) is 0 Å². The van der Waals surface area contributed by atoms with E-state index in [1.54, 1.807) is 0 Å². The van der Waals surface area contributed by atoms with Gasteiger partial charge in [0.2, 0.25) is 0 Å². The monoisotopic (exact) mass is 241 g/mol. The molecule has 1 aromatic carbocycles. The molecule has 0 aliphatic carbocycles. The smallest absolute Gasteiger partial charge is 0.127 e. The van der Waals surface area contributed by atoms with E-state index in [0.717, 1.165) is 12.5 Å². The van der Waals surface area contributed by atoms with Gasteiger partial charge < -0.3 is 10.5 Å². The van der Waals surface area contributed by atoms with Crippen molar-refractivity contribution >= 4 is 0 Å². The van der Waals surface area contributed by atoms with Gasteiger partial charge in [0, 0.05) is 11.0 Å². The van der Waals surface area contributed by atoms with Gasteiger partial charge in [-0.15, -0.1) is 0 Å². The zero-order valence-electron chi connectivity index (χ0n) is 9.88. The highest BCUT2D eigenvalue weighted by molar-refractivity contribution is 5.30. The summed E-state index contributed by atoms with van der Waals surface area (Å²) >= 11 is 0. The Morgan fingerprint density at radius 3 is 2.65 bits per heavy atom. The highest BCUT2D eigenvalue weighted by atomic mass is 19.1. The molecule has 0 spiro atoms. The summed E-state index contributed by atoms with van der Waals surface area (Å²) in [4.78, 5) is 0. The molecule has 1 aliphatic heterocycles. The average Bonchev–Trinajstić information content (AvgIpc) is 2.27. The summed E-state index contributed by atoms with van der Waals surface area (Å²) in [6.45, 7) is 3.44. The lowest BCUT2D eigenvalue weighted by Crippen LogP contribution is -2.49. The van der Waals surface area contributed by atoms with E-state index in [4.69, 9.17) is 10.5 Å². The third-order valence-electron chi connectivity index (χ3n) is 3.40. The molecule has 2 rings (SSSR count). The van der Waals surface area contributed by atoms with Crippen molar-refractivity contribution in [3.8, 4) is 0 Å². The van der Waals surface area contributed by atoms with E-state index in [0.29, 0.717) is 25.3 Å². The second-order valence-corrected chi connectivity index (χ2v) is 4.94. The Morgan fingerprint density at radius 2 is 2.12 bits per heavy atom. The van der Waals surface area contributed by atoms with Crippen molar-refractivity contribution in [2.24, 2.45) is 11.7 Å². The van der Waals surface area contributed by atoms with E-state index in [-0.39, 0.29) is 11.7 Å². The Morgan fingerprint density at radius 1 is 1.41 bits per heavy atom. The summed E-state index contributed by atoms with van der Waals surface area (Å²) in [5.74, 6) is -0.506. The molecule has 1 atom stereocenters. The fourth-order valence-electron chi connectivity index (χ4n) is 2.39. The number of halogens is 2. The van der Waals surface area contributed by atoms with Gasteiger partial charge in [-0.1, -0.05) is 6.92 Å². The lowest BCUT2D eigenvalue weighted by molar-refractivity contribution is -0.0718. The van der Waals surface area contributed by atoms with Crippen molar-refractivity contribution in [2.75, 3.05) is 19.8 Å². The average molecular weight is 241 g/mol. The van der Waals surface area contributed by atoms with E-state index >= 15 is 0 Å². The van der Waals surface area contributed by atoms with E-state index in [1.165, 1.54) is 12.1 Å². The van der Waals surface area contributed by atoms with Crippen molar-refractivity contribution in [3.05, 3.63) is 35.4 Å². The third-order valence-corrected chi connectivity index (χ3v) is 3.40. The van der Waals surface area contributed by atoms with E-state index < -0.39 is 11.2 Å². The molecule has 0 radical (unpaired) electrons. The number of rotatable bonds is 4. The molecule has 4 heteroatoms. The Labute approximate surface area is 99.8 Å². The van der Waals surface area contributed by atoms with Crippen LogP contribution in [-0.2, 0) is 10.2 Å². The molecule has 1 unspecified atom stereocenters. The molecule has 0 bridgehead atoms. The molecule has 0 amide bonds. The van der Waals surface area contributed by atoms with Crippen LogP contribution in [0.15, 0.2) is 18.2 Å². The van der Waals surface area contributed by atoms with Crippen LogP contribution in [-0.4, -0.2) is 19.8 Å². The molecule has 1 aromatic rings. The molecule has 17 heavy (non-hydrogen) atoms. The van der Waals surface area contributed by atoms with Gasteiger partial charge in [0.15, 0.2) is 0 Å². The van der Waals surface area contributed by atoms with Gasteiger partial charge in [-0.05, 0) is 37.1 Å². The molecule has 1 heterocycles. The molecular formula is C13H17F2NO. The van der Waals surface area contributed by atoms with Gasteiger partial charge in [0.1, 0.15) is 11.6 Å². The van der Waals surface area contributed by atoms with E-state index in [2.05, 4.69) is 0 Å². The van der Waals surface area contributed by atoms with Crippen LogP contribution in [0.3, 0.4) is 0 Å². The first-order valence-electron chi connectivity index (χ1n) is 5.81. The first-order valence-corrected chi connectivity index (χ1v) is 5.81. The van der Waals surface area contributed by atoms with Crippen LogP contribution >= 0.6 is 0 Å². The van der Waals surface area contributed by atoms with Gasteiger partial charge in [-0.3, -0.25) is 0 Å². The van der Waals surface area contributed by atoms with Gasteiger partial charge in [-0.2, -0.15) is 0 Å². The van der Waals surface area contributed by atoms with Crippen molar-refractivity contribution in [1.29, 1.82) is 0 Å². The zero-order chi connectivity index (χ0) is 12.5. The maximum atomic E-state index is 13.8. The maximum Gasteiger partial charge on any atom is 0.127 e. The fourth-order valence-corrected chi connectivity index (χ4v) is 2.39. The van der Waals surface area contributed by atoms with Gasteiger partial charge >= 0.3 is 0 Å². The summed E-state index contributed by atoms with van der Waals surface area (Å²) in [7, 11) is 0. The van der Waals surface area contributed by atoms with Crippen LogP contribution in [0.25, 0.3) is 0 Å². The summed E-state index contributed by atoms with van der Waals surface area (Å²) in [6, 6.07) is 3.59. The zero-order valence-corrected chi connectivity index (χ0v) is 9.88. The van der Waals surface area contributed by atoms with Crippen LogP contribution < -0.4 is 5.73 Å². The van der Waals surface area contributed by atoms with E-state index in [1.807, 2.05) is 6.92 Å². The second kappa shape index (κ2) is 4.70. The first kappa shape index (κ1) is 12.5. The molecular weight excluding hydrogens is 224 g/mol. The normalized spacial score (nSPS) is 19.8. The van der Waals surface area contributed by atoms with Crippen molar-refractivity contribution < 1.29 is 13.5 Å². The number of hydrogen-bond acceptors (Lipinski definition) is 2. The highest BCUT2D eigenvalue weighted by Gasteiger charge is 2.43. The van der Waals surface area contributed by atoms with Crippen molar-refractivity contribution in [2.45, 2.75) is 18.8 Å². The lowest BCUT2D eigenvalue weighted by atomic mass is 9.72. The van der Waals surface area contributed by atoms with Crippen molar-refractivity contribution in [1.82, 2.24) is 0 Å². The van der Waals surface area contributed by atoms with Crippen LogP contribution in [0.5, 0.6) is 0 Å². The standard InChI is InChI=1S/C13H17F2NO/c1-9(6-16)5-13(7-17-8-13)11-4-10(14)2-3-12(11)15/h2-4,9H,5-8,16H2,1H3. The summed E-state index contributed by atoms with van der Waals surface area (Å²) in [5, 5.41) is 0. The minimum atomic E-state index is -0.409. The van der Waals surface area contributed by atoms with Gasteiger partial charge in [0.25, 0.3) is 0 Å². The topological polar surface area (TPSA) is 35.2 Å². The minimum Gasteiger partial charge on any atom is -0.379 e. The Balaban J connectivity index is 2.31. The van der Waals surface area contributed by atoms with Gasteiger partial charge in [-0.25, -0.2) is 8.78 Å². The number of benzene rings is 1. The van der Waals surface area contributed by atoms with Crippen LogP contribution in [0, 0.1) is 17.6 Å². The molecule has 2 nitrogen and oxygen atoms in total. The summed E-state index contributed by atoms with van der Waals surface area (Å²) in [6.07, 6.45) is 0.726. The molecule has 94 valence electrons. The highest BCUT2D eigenvalue weighted by Crippen LogP contribution is 2.39. The quantitative estimate of drug-likeness (QED) is 0.877. The number of ether oxygens (including phenoxy) is 1. The maximum absolute atomic E-state index is 13.8. The molecule has 2 N–H and O–H groups in total. The first-order chi connectivity index (χ1) is 8.07. The Bertz CT molecular complexity index is 404. The minimum absolute atomic E-state index is 0.265. The molecule has 1 saturated heterocycles. The molecule has 0 aromatic heterocycles. The van der Waals surface area contributed by atoms with E-state index in [9.17, 15) is 8.78 Å². The van der Waals surface area contributed by atoms with Crippen LogP contribution in [0.2, 0.25) is 0 Å². The molecule has 0 saturated carbocycles. The Kier molecular flexibility index (Phi) is 3.45. The lowest BCUT2D eigenvalue weighted by Gasteiger charge is -2.43. The fraction of sp³-hybridized carbons (Fsp3) is 0.538. The third kappa shape index (κ3) is 2.33. The largest absolute Gasteiger partial charge is 0.379 e. The number of hydrogen-bond donors (Lipinski definition) is 1. The van der Waals surface area contributed by atoms with Crippen LogP contribution in [0.1, 0.15) is 18.9 Å².